The Morgan fingerprint density at radius 2 is 0.603 bits per heavy atom. The molecular weight excluding hydrogens is 959 g/mol. The molecule has 0 saturated carbocycles. The van der Waals surface area contributed by atoms with Crippen molar-refractivity contribution in [2.45, 2.75) is 398 Å². The molecule has 1 amide bonds. The molecule has 0 heterocycles. The molecule has 0 aromatic rings. The van der Waals surface area contributed by atoms with Crippen molar-refractivity contribution in [2.24, 2.45) is 0 Å². The van der Waals surface area contributed by atoms with Crippen LogP contribution in [0, 0.1) is 0 Å². The molecule has 0 spiro atoms. The Balaban J connectivity index is 3.37. The quantitative estimate of drug-likeness (QED) is 0.0320. The summed E-state index contributed by atoms with van der Waals surface area (Å²) in [6.45, 7) is 4.92. The van der Waals surface area contributed by atoms with Crippen LogP contribution in [0.3, 0.4) is 0 Å². The van der Waals surface area contributed by atoms with Crippen LogP contribution < -0.4 is 5.32 Å². The van der Waals surface area contributed by atoms with Gasteiger partial charge in [-0.05, 0) is 83.5 Å². The fourth-order valence-electron chi connectivity index (χ4n) is 11.0. The summed E-state index contributed by atoms with van der Waals surface area (Å²) < 4.78 is 5.49. The molecule has 6 nitrogen and oxygen atoms in total. The second-order valence-corrected chi connectivity index (χ2v) is 24.2. The Kier molecular flexibility index (Phi) is 65.9. The van der Waals surface area contributed by atoms with Gasteiger partial charge in [-0.3, -0.25) is 9.59 Å². The smallest absolute Gasteiger partial charge is 0.305 e. The van der Waals surface area contributed by atoms with Gasteiger partial charge in [0.2, 0.25) is 5.91 Å². The number of carbonyl (C=O) groups excluding carboxylic acids is 2. The van der Waals surface area contributed by atoms with Gasteiger partial charge in [0, 0.05) is 12.8 Å². The van der Waals surface area contributed by atoms with E-state index < -0.39 is 12.1 Å². The molecule has 0 aliphatic rings. The first-order chi connectivity index (χ1) is 38.5. The number of hydrogen-bond donors (Lipinski definition) is 3. The molecule has 0 aromatic heterocycles. The average molecular weight is 1100 g/mol. The topological polar surface area (TPSA) is 95.9 Å². The zero-order chi connectivity index (χ0) is 56.4. The molecular formula is C72H137NO5. The van der Waals surface area contributed by atoms with E-state index in [4.69, 9.17) is 4.74 Å². The molecule has 2 atom stereocenters. The van der Waals surface area contributed by atoms with E-state index in [1.165, 1.54) is 315 Å². The van der Waals surface area contributed by atoms with Gasteiger partial charge in [-0.25, -0.2) is 0 Å². The minimum absolute atomic E-state index is 0.00976. The summed E-state index contributed by atoms with van der Waals surface area (Å²) in [7, 11) is 0. The fourth-order valence-corrected chi connectivity index (χ4v) is 11.0. The zero-order valence-electron chi connectivity index (χ0n) is 52.7. The summed E-state index contributed by atoms with van der Waals surface area (Å²) in [6.07, 6.45) is 86.5. The number of esters is 1. The van der Waals surface area contributed by atoms with Gasteiger partial charge in [0.05, 0.1) is 25.4 Å². The number of hydrogen-bond acceptors (Lipinski definition) is 5. The molecule has 6 heteroatoms. The molecule has 0 aliphatic heterocycles. The fraction of sp³-hybridized carbons (Fsp3) is 0.889. The number of rotatable bonds is 66. The van der Waals surface area contributed by atoms with Crippen molar-refractivity contribution in [3.63, 3.8) is 0 Å². The molecule has 0 aliphatic carbocycles. The predicted octanol–water partition coefficient (Wildman–Crippen LogP) is 22.7. The van der Waals surface area contributed by atoms with E-state index in [1.54, 1.807) is 6.08 Å². The van der Waals surface area contributed by atoms with E-state index in [1.807, 2.05) is 6.08 Å². The summed E-state index contributed by atoms with van der Waals surface area (Å²) in [5, 5.41) is 23.2. The minimum Gasteiger partial charge on any atom is -0.466 e. The summed E-state index contributed by atoms with van der Waals surface area (Å²) >= 11 is 0. The average Bonchev–Trinajstić information content (AvgIpc) is 3.44. The zero-order valence-corrected chi connectivity index (χ0v) is 52.7. The summed E-state index contributed by atoms with van der Waals surface area (Å²) in [5.74, 6) is -0.0548. The van der Waals surface area contributed by atoms with E-state index in [9.17, 15) is 19.8 Å². The van der Waals surface area contributed by atoms with Gasteiger partial charge < -0.3 is 20.3 Å². The van der Waals surface area contributed by atoms with Gasteiger partial charge >= 0.3 is 5.97 Å². The lowest BCUT2D eigenvalue weighted by Crippen LogP contribution is -2.45. The molecule has 78 heavy (non-hydrogen) atoms. The van der Waals surface area contributed by atoms with Crippen LogP contribution in [-0.2, 0) is 14.3 Å². The predicted molar refractivity (Wildman–Crippen MR) is 343 cm³/mol. The number of unbranched alkanes of at least 4 members (excludes halogenated alkanes) is 51. The highest BCUT2D eigenvalue weighted by molar-refractivity contribution is 5.76. The van der Waals surface area contributed by atoms with Gasteiger partial charge in [-0.15, -0.1) is 0 Å². The van der Waals surface area contributed by atoms with Crippen LogP contribution in [0.25, 0.3) is 0 Å². The molecule has 0 bridgehead atoms. The molecule has 0 aromatic carbocycles. The molecule has 0 fully saturated rings. The van der Waals surface area contributed by atoms with Gasteiger partial charge in [0.25, 0.3) is 0 Å². The van der Waals surface area contributed by atoms with Gasteiger partial charge in [-0.1, -0.05) is 326 Å². The third-order valence-corrected chi connectivity index (χ3v) is 16.4. The van der Waals surface area contributed by atoms with Crippen LogP contribution >= 0.6 is 0 Å². The van der Waals surface area contributed by atoms with E-state index in [0.717, 1.165) is 44.9 Å². The standard InChI is InChI=1S/C72H137NO5/c1-3-5-7-9-11-13-15-17-19-38-42-46-50-54-58-62-66-72(77)78-67-63-59-55-51-47-43-39-35-33-31-29-27-25-23-21-20-22-24-26-28-30-32-34-37-41-45-49-53-57-61-65-71(76)73-69(68-74)70(75)64-60-56-52-48-44-40-36-18-16-14-12-10-8-6-4-2/h19,21,23,38,60,64,69-70,74-75H,3-18,20,22,24-37,39-59,61-63,65-68H2,1-2H3,(H,73,76)/b23-21-,38-19-,64-60+. The highest BCUT2D eigenvalue weighted by atomic mass is 16.5. The van der Waals surface area contributed by atoms with Gasteiger partial charge in [0.15, 0.2) is 0 Å². The van der Waals surface area contributed by atoms with E-state index in [0.29, 0.717) is 19.4 Å². The SMILES string of the molecule is CCCCCCCCC/C=C\CCCCCCCC(=O)OCCCCCCCCCCCCCC/C=C\CCCCCCCCCCCCCCCCC(=O)NC(CO)C(O)/C=C/CCCCCCCCCCCCCCC. The van der Waals surface area contributed by atoms with Crippen molar-refractivity contribution in [2.75, 3.05) is 13.2 Å². The third-order valence-electron chi connectivity index (χ3n) is 16.4. The number of ether oxygens (including phenoxy) is 1. The van der Waals surface area contributed by atoms with Crippen molar-refractivity contribution in [1.82, 2.24) is 5.32 Å². The Labute approximate surface area is 487 Å². The first kappa shape index (κ1) is 76.1. The van der Waals surface area contributed by atoms with Crippen LogP contribution in [0.5, 0.6) is 0 Å². The maximum atomic E-state index is 12.5. The summed E-state index contributed by atoms with van der Waals surface area (Å²) in [4.78, 5) is 24.6. The lowest BCUT2D eigenvalue weighted by molar-refractivity contribution is -0.143. The Hall–Kier alpha value is -1.92. The molecule has 460 valence electrons. The molecule has 0 rings (SSSR count). The largest absolute Gasteiger partial charge is 0.466 e. The van der Waals surface area contributed by atoms with Crippen molar-refractivity contribution in [3.05, 3.63) is 36.5 Å². The maximum Gasteiger partial charge on any atom is 0.305 e. The number of aliphatic hydroxyl groups excluding tert-OH is 2. The van der Waals surface area contributed by atoms with Crippen LogP contribution in [0.15, 0.2) is 36.5 Å². The number of carbonyl (C=O) groups is 2. The molecule has 0 saturated heterocycles. The van der Waals surface area contributed by atoms with Crippen molar-refractivity contribution in [1.29, 1.82) is 0 Å². The normalized spacial score (nSPS) is 12.7. The molecule has 3 N–H and O–H groups in total. The van der Waals surface area contributed by atoms with Crippen LogP contribution in [-0.4, -0.2) is 47.4 Å². The highest BCUT2D eigenvalue weighted by Gasteiger charge is 2.18. The number of aliphatic hydroxyl groups is 2. The highest BCUT2D eigenvalue weighted by Crippen LogP contribution is 2.18. The third kappa shape index (κ3) is 63.3. The lowest BCUT2D eigenvalue weighted by Gasteiger charge is -2.20. The van der Waals surface area contributed by atoms with E-state index >= 15 is 0 Å². The Morgan fingerprint density at radius 3 is 0.910 bits per heavy atom. The molecule has 2 unspecified atom stereocenters. The first-order valence-electron chi connectivity index (χ1n) is 35.3. The van der Waals surface area contributed by atoms with Crippen molar-refractivity contribution >= 4 is 11.9 Å². The minimum atomic E-state index is -0.843. The Bertz CT molecular complexity index is 1260. The second kappa shape index (κ2) is 67.6. The maximum absolute atomic E-state index is 12.5. The van der Waals surface area contributed by atoms with Crippen molar-refractivity contribution < 1.29 is 24.5 Å². The number of allylic oxidation sites excluding steroid dienone is 5. The van der Waals surface area contributed by atoms with E-state index in [-0.39, 0.29) is 18.5 Å². The molecule has 0 radical (unpaired) electrons. The lowest BCUT2D eigenvalue weighted by atomic mass is 10.0. The monoisotopic (exact) mass is 1100 g/mol. The summed E-state index contributed by atoms with van der Waals surface area (Å²) in [5.41, 5.74) is 0. The van der Waals surface area contributed by atoms with Crippen LogP contribution in [0.2, 0.25) is 0 Å². The number of nitrogens with one attached hydrogen (secondary N) is 1. The number of amides is 1. The van der Waals surface area contributed by atoms with Crippen LogP contribution in [0.4, 0.5) is 0 Å². The van der Waals surface area contributed by atoms with Gasteiger partial charge in [0.1, 0.15) is 0 Å². The van der Waals surface area contributed by atoms with E-state index in [2.05, 4.69) is 43.5 Å². The first-order valence-corrected chi connectivity index (χ1v) is 35.3. The van der Waals surface area contributed by atoms with Crippen LogP contribution in [0.1, 0.15) is 386 Å². The summed E-state index contributed by atoms with van der Waals surface area (Å²) in [6, 6.07) is -0.627. The van der Waals surface area contributed by atoms with Gasteiger partial charge in [-0.2, -0.15) is 0 Å². The van der Waals surface area contributed by atoms with Crippen molar-refractivity contribution in [3.8, 4) is 0 Å². The second-order valence-electron chi connectivity index (χ2n) is 24.2. The Morgan fingerprint density at radius 1 is 0.346 bits per heavy atom.